The van der Waals surface area contributed by atoms with E-state index in [1.165, 1.54) is 16.9 Å². The number of ether oxygens (including phenoxy) is 3. The van der Waals surface area contributed by atoms with Crippen LogP contribution in [-0.4, -0.2) is 50.3 Å². The number of carbonyl (C=O) groups excluding carboxylic acids is 1. The van der Waals surface area contributed by atoms with Crippen LogP contribution in [0.5, 0.6) is 17.2 Å². The molecule has 0 spiro atoms. The molecule has 7 heteroatoms. The molecule has 2 aromatic carbocycles. The molecule has 1 N–H and O–H groups in total. The maximum Gasteiger partial charge on any atom is 0.261 e. The molecule has 0 aliphatic carbocycles. The average Bonchev–Trinajstić information content (AvgIpc) is 3.36. The van der Waals surface area contributed by atoms with Crippen molar-refractivity contribution in [1.82, 2.24) is 10.2 Å². The van der Waals surface area contributed by atoms with Crippen molar-refractivity contribution < 1.29 is 19.0 Å². The number of rotatable bonds is 6. The molecule has 0 unspecified atom stereocenters. The van der Waals surface area contributed by atoms with Gasteiger partial charge in [-0.15, -0.1) is 11.3 Å². The van der Waals surface area contributed by atoms with Gasteiger partial charge in [0.1, 0.15) is 19.0 Å². The van der Waals surface area contributed by atoms with E-state index in [1.54, 1.807) is 7.11 Å². The van der Waals surface area contributed by atoms with Crippen molar-refractivity contribution in [1.29, 1.82) is 0 Å². The zero-order valence-electron chi connectivity index (χ0n) is 18.7. The molecule has 0 bridgehead atoms. The second-order valence-electron chi connectivity index (χ2n) is 8.40. The van der Waals surface area contributed by atoms with Crippen molar-refractivity contribution >= 4 is 17.2 Å². The van der Waals surface area contributed by atoms with Crippen LogP contribution in [0.1, 0.15) is 28.1 Å². The zero-order chi connectivity index (χ0) is 22.6. The van der Waals surface area contributed by atoms with Crippen LogP contribution in [0, 0.1) is 0 Å². The number of piperidine rings is 1. The summed E-state index contributed by atoms with van der Waals surface area (Å²) < 4.78 is 16.6. The summed E-state index contributed by atoms with van der Waals surface area (Å²) in [5.41, 5.74) is 2.29. The number of nitrogens with one attached hydrogen (secondary N) is 1. The van der Waals surface area contributed by atoms with Crippen molar-refractivity contribution in [2.24, 2.45) is 0 Å². The third kappa shape index (κ3) is 5.15. The van der Waals surface area contributed by atoms with E-state index in [1.807, 2.05) is 42.5 Å². The number of benzene rings is 2. The average molecular weight is 465 g/mol. The molecule has 33 heavy (non-hydrogen) atoms. The molecule has 2 aliphatic rings. The number of likely N-dealkylation sites (tertiary alicyclic amines) is 1. The smallest absolute Gasteiger partial charge is 0.261 e. The van der Waals surface area contributed by atoms with E-state index in [9.17, 15) is 4.79 Å². The van der Waals surface area contributed by atoms with Gasteiger partial charge in [-0.2, -0.15) is 0 Å². The monoisotopic (exact) mass is 464 g/mol. The van der Waals surface area contributed by atoms with Crippen LogP contribution in [0.4, 0.5) is 0 Å². The standard InChI is InChI=1S/C26H28N2O4S/c1-30-21-4-2-3-18(15-21)17-28-11-9-20(10-12-28)27-26(29)25-8-7-24(33-25)19-5-6-22-23(16-19)32-14-13-31-22/h2-8,15-16,20H,9-14,17H2,1H3,(H,27,29). The summed E-state index contributed by atoms with van der Waals surface area (Å²) in [5.74, 6) is 2.44. The molecule has 6 nitrogen and oxygen atoms in total. The number of carbonyl (C=O) groups is 1. The van der Waals surface area contributed by atoms with Gasteiger partial charge in [-0.05, 0) is 66.4 Å². The topological polar surface area (TPSA) is 60.0 Å². The number of methoxy groups -OCH3 is 1. The van der Waals surface area contributed by atoms with E-state index < -0.39 is 0 Å². The first-order valence-electron chi connectivity index (χ1n) is 11.3. The molecule has 1 fully saturated rings. The zero-order valence-corrected chi connectivity index (χ0v) is 19.5. The summed E-state index contributed by atoms with van der Waals surface area (Å²) in [6.07, 6.45) is 1.91. The number of thiophene rings is 1. The quantitative estimate of drug-likeness (QED) is 0.578. The van der Waals surface area contributed by atoms with Crippen LogP contribution in [0.3, 0.4) is 0 Å². The normalized spacial score (nSPS) is 16.4. The Hall–Kier alpha value is -3.03. The lowest BCUT2D eigenvalue weighted by Crippen LogP contribution is -2.44. The van der Waals surface area contributed by atoms with Gasteiger partial charge in [0.2, 0.25) is 0 Å². The second-order valence-corrected chi connectivity index (χ2v) is 9.48. The Morgan fingerprint density at radius 2 is 1.88 bits per heavy atom. The Balaban J connectivity index is 1.15. The molecule has 2 aliphatic heterocycles. The molecule has 0 saturated carbocycles. The number of amides is 1. The summed E-state index contributed by atoms with van der Waals surface area (Å²) in [6, 6.07) is 18.3. The third-order valence-corrected chi connectivity index (χ3v) is 7.25. The molecule has 3 aromatic rings. The summed E-state index contributed by atoms with van der Waals surface area (Å²) in [6.45, 7) is 3.98. The maximum absolute atomic E-state index is 12.9. The number of hydrogen-bond donors (Lipinski definition) is 1. The summed E-state index contributed by atoms with van der Waals surface area (Å²) in [5, 5.41) is 3.23. The maximum atomic E-state index is 12.9. The molecule has 172 valence electrons. The van der Waals surface area contributed by atoms with Gasteiger partial charge in [0, 0.05) is 30.6 Å². The molecule has 1 aromatic heterocycles. The highest BCUT2D eigenvalue weighted by Crippen LogP contribution is 2.37. The Labute approximate surface area is 198 Å². The van der Waals surface area contributed by atoms with Crippen LogP contribution in [0.25, 0.3) is 10.4 Å². The largest absolute Gasteiger partial charge is 0.497 e. The van der Waals surface area contributed by atoms with E-state index >= 15 is 0 Å². The van der Waals surface area contributed by atoms with E-state index in [0.29, 0.717) is 13.2 Å². The number of nitrogens with zero attached hydrogens (tertiary/aromatic N) is 1. The van der Waals surface area contributed by atoms with Crippen molar-refractivity contribution in [3.05, 3.63) is 65.0 Å². The van der Waals surface area contributed by atoms with Crippen molar-refractivity contribution in [3.63, 3.8) is 0 Å². The minimum atomic E-state index is 0.00930. The predicted molar refractivity (Wildman–Crippen MR) is 130 cm³/mol. The molecule has 1 saturated heterocycles. The fourth-order valence-corrected chi connectivity index (χ4v) is 5.24. The highest BCUT2D eigenvalue weighted by Gasteiger charge is 2.22. The van der Waals surface area contributed by atoms with Gasteiger partial charge < -0.3 is 19.5 Å². The Morgan fingerprint density at radius 1 is 1.06 bits per heavy atom. The Bertz CT molecular complexity index is 1120. The fourth-order valence-electron chi connectivity index (χ4n) is 4.33. The van der Waals surface area contributed by atoms with Crippen LogP contribution in [0.2, 0.25) is 0 Å². The summed E-state index contributed by atoms with van der Waals surface area (Å²) in [7, 11) is 1.69. The van der Waals surface area contributed by atoms with Gasteiger partial charge in [0.15, 0.2) is 11.5 Å². The molecule has 1 amide bonds. The third-order valence-electron chi connectivity index (χ3n) is 6.12. The highest BCUT2D eigenvalue weighted by atomic mass is 32.1. The lowest BCUT2D eigenvalue weighted by Gasteiger charge is -2.32. The van der Waals surface area contributed by atoms with E-state index in [4.69, 9.17) is 14.2 Å². The predicted octanol–water partition coefficient (Wildman–Crippen LogP) is 4.59. The molecule has 0 radical (unpaired) electrons. The van der Waals surface area contributed by atoms with Gasteiger partial charge in [0.25, 0.3) is 5.91 Å². The molecular weight excluding hydrogens is 436 g/mol. The molecule has 5 rings (SSSR count). The van der Waals surface area contributed by atoms with E-state index in [2.05, 4.69) is 22.3 Å². The lowest BCUT2D eigenvalue weighted by atomic mass is 10.0. The Morgan fingerprint density at radius 3 is 2.70 bits per heavy atom. The van der Waals surface area contributed by atoms with Crippen LogP contribution >= 0.6 is 11.3 Å². The molecule has 0 atom stereocenters. The second kappa shape index (κ2) is 9.85. The van der Waals surface area contributed by atoms with E-state index in [0.717, 1.165) is 65.0 Å². The number of fused-ring (bicyclic) bond motifs is 1. The van der Waals surface area contributed by atoms with Crippen molar-refractivity contribution in [2.45, 2.75) is 25.4 Å². The lowest BCUT2D eigenvalue weighted by molar-refractivity contribution is 0.0913. The van der Waals surface area contributed by atoms with Gasteiger partial charge in [0.05, 0.1) is 12.0 Å². The molecule has 3 heterocycles. The van der Waals surface area contributed by atoms with Gasteiger partial charge in [-0.3, -0.25) is 9.69 Å². The van der Waals surface area contributed by atoms with Crippen molar-refractivity contribution in [3.8, 4) is 27.7 Å². The number of hydrogen-bond acceptors (Lipinski definition) is 6. The summed E-state index contributed by atoms with van der Waals surface area (Å²) in [4.78, 5) is 17.1. The fraction of sp³-hybridized carbons (Fsp3) is 0.346. The van der Waals surface area contributed by atoms with E-state index in [-0.39, 0.29) is 11.9 Å². The van der Waals surface area contributed by atoms with Crippen LogP contribution in [0.15, 0.2) is 54.6 Å². The minimum Gasteiger partial charge on any atom is -0.497 e. The Kier molecular flexibility index (Phi) is 6.51. The molecular formula is C26H28N2O4S. The van der Waals surface area contributed by atoms with Crippen LogP contribution < -0.4 is 19.5 Å². The van der Waals surface area contributed by atoms with Crippen LogP contribution in [-0.2, 0) is 6.54 Å². The minimum absolute atomic E-state index is 0.00930. The first kappa shape index (κ1) is 21.8. The highest BCUT2D eigenvalue weighted by molar-refractivity contribution is 7.17. The van der Waals surface area contributed by atoms with Crippen molar-refractivity contribution in [2.75, 3.05) is 33.4 Å². The SMILES string of the molecule is COc1cccc(CN2CCC(NC(=O)c3ccc(-c4ccc5c(c4)OCCO5)s3)CC2)c1. The van der Waals surface area contributed by atoms with Gasteiger partial charge >= 0.3 is 0 Å². The van der Waals surface area contributed by atoms with Gasteiger partial charge in [-0.25, -0.2) is 0 Å². The van der Waals surface area contributed by atoms with Gasteiger partial charge in [-0.1, -0.05) is 12.1 Å². The summed E-state index contributed by atoms with van der Waals surface area (Å²) >= 11 is 1.51. The first-order valence-corrected chi connectivity index (χ1v) is 12.2. The first-order chi connectivity index (χ1) is 16.2.